The van der Waals surface area contributed by atoms with E-state index < -0.39 is 0 Å². The minimum absolute atomic E-state index is 0.00587. The Morgan fingerprint density at radius 1 is 1.22 bits per heavy atom. The third kappa shape index (κ3) is 3.58. The Hall–Kier alpha value is -3.09. The number of amides is 1. The lowest BCUT2D eigenvalue weighted by Crippen LogP contribution is -2.23. The van der Waals surface area contributed by atoms with E-state index in [1.54, 1.807) is 30.5 Å². The molecule has 2 heterocycles. The predicted molar refractivity (Wildman–Crippen MR) is 106 cm³/mol. The molecule has 0 atom stereocenters. The summed E-state index contributed by atoms with van der Waals surface area (Å²) in [4.78, 5) is 18.9. The molecule has 1 aromatic heterocycles. The van der Waals surface area contributed by atoms with Gasteiger partial charge >= 0.3 is 0 Å². The van der Waals surface area contributed by atoms with Crippen LogP contribution in [0.3, 0.4) is 0 Å². The maximum absolute atomic E-state index is 12.5. The van der Waals surface area contributed by atoms with E-state index >= 15 is 0 Å². The van der Waals surface area contributed by atoms with Crippen LogP contribution < -0.4 is 10.2 Å². The number of aromatic nitrogens is 2. The molecule has 1 aliphatic heterocycles. The normalized spacial score (nSPS) is 12.7. The van der Waals surface area contributed by atoms with Crippen LogP contribution in [0.2, 0.25) is 5.02 Å². The molecule has 0 bridgehead atoms. The number of benzene rings is 2. The number of rotatable bonds is 4. The summed E-state index contributed by atoms with van der Waals surface area (Å²) >= 11 is 6.09. The first-order chi connectivity index (χ1) is 13.1. The lowest BCUT2D eigenvalue weighted by molar-refractivity contribution is 0.102. The summed E-state index contributed by atoms with van der Waals surface area (Å²) < 4.78 is 1.90. The van der Waals surface area contributed by atoms with Crippen molar-refractivity contribution in [2.75, 3.05) is 10.2 Å². The summed E-state index contributed by atoms with van der Waals surface area (Å²) in [5.74, 6) is 0.390. The summed E-state index contributed by atoms with van der Waals surface area (Å²) in [6.07, 6.45) is 5.48. The molecule has 1 amide bonds. The summed E-state index contributed by atoms with van der Waals surface area (Å²) in [5.41, 5.74) is 2.67. The second-order valence-electron chi connectivity index (χ2n) is 6.14. The van der Waals surface area contributed by atoms with Crippen LogP contribution in [0.5, 0.6) is 0 Å². The third-order valence-electron chi connectivity index (χ3n) is 4.30. The van der Waals surface area contributed by atoms with E-state index in [1.807, 2.05) is 46.0 Å². The van der Waals surface area contributed by atoms with Gasteiger partial charge in [-0.15, -0.1) is 0 Å². The summed E-state index contributed by atoms with van der Waals surface area (Å²) in [6.45, 7) is 0.515. The molecule has 1 aliphatic rings. The number of aliphatic hydroxyl groups excluding tert-OH is 1. The molecule has 3 aromatic rings. The summed E-state index contributed by atoms with van der Waals surface area (Å²) in [5, 5.41) is 12.6. The molecule has 0 fully saturated rings. The zero-order chi connectivity index (χ0) is 18.8. The number of hydrogen-bond donors (Lipinski definition) is 2. The van der Waals surface area contributed by atoms with Crippen molar-refractivity contribution in [3.63, 3.8) is 0 Å². The molecule has 0 aliphatic carbocycles. The van der Waals surface area contributed by atoms with Crippen molar-refractivity contribution in [3.8, 4) is 0 Å². The molecular weight excluding hydrogens is 364 g/mol. The molecule has 2 N–H and O–H groups in total. The van der Waals surface area contributed by atoms with Crippen molar-refractivity contribution in [2.24, 2.45) is 0 Å². The number of carbonyl (C=O) groups is 1. The second kappa shape index (κ2) is 7.26. The topological polar surface area (TPSA) is 70.4 Å². The van der Waals surface area contributed by atoms with Gasteiger partial charge in [-0.25, -0.2) is 4.98 Å². The van der Waals surface area contributed by atoms with Crippen LogP contribution in [-0.2, 0) is 13.3 Å². The van der Waals surface area contributed by atoms with Crippen molar-refractivity contribution < 1.29 is 9.90 Å². The number of nitrogens with one attached hydrogen (secondary N) is 1. The number of nitrogens with zero attached hydrogens (tertiary/aromatic N) is 3. The van der Waals surface area contributed by atoms with Gasteiger partial charge in [0, 0.05) is 18.1 Å². The van der Waals surface area contributed by atoms with Crippen molar-refractivity contribution in [2.45, 2.75) is 13.3 Å². The van der Waals surface area contributed by atoms with E-state index in [0.717, 1.165) is 11.3 Å². The molecule has 2 aromatic carbocycles. The van der Waals surface area contributed by atoms with E-state index in [0.29, 0.717) is 28.9 Å². The van der Waals surface area contributed by atoms with Gasteiger partial charge in [0.25, 0.3) is 5.91 Å². The number of carbonyl (C=O) groups excluding carboxylic acids is 1. The standard InChI is InChI=1S/C20H17ClN4O2/c21-16-6-1-2-7-17(16)23-20(27)18-11-25-13-24(9-8-19(25)22-18)15-5-3-4-14(10-15)12-26/h1-11,26H,12-13H2,(H,23,27). The fourth-order valence-electron chi connectivity index (χ4n) is 2.90. The first-order valence-electron chi connectivity index (χ1n) is 8.42. The highest BCUT2D eigenvalue weighted by Gasteiger charge is 2.18. The highest BCUT2D eigenvalue weighted by atomic mass is 35.5. The van der Waals surface area contributed by atoms with Gasteiger partial charge in [-0.3, -0.25) is 4.79 Å². The first kappa shape index (κ1) is 17.3. The van der Waals surface area contributed by atoms with E-state index in [9.17, 15) is 9.90 Å². The van der Waals surface area contributed by atoms with Crippen LogP contribution in [0, 0.1) is 0 Å². The highest BCUT2D eigenvalue weighted by Crippen LogP contribution is 2.24. The van der Waals surface area contributed by atoms with Crippen LogP contribution in [0.25, 0.3) is 6.08 Å². The fraction of sp³-hybridized carbons (Fsp3) is 0.100. The number of anilines is 2. The van der Waals surface area contributed by atoms with E-state index in [1.165, 1.54) is 0 Å². The van der Waals surface area contributed by atoms with E-state index in [-0.39, 0.29) is 12.5 Å². The van der Waals surface area contributed by atoms with Gasteiger partial charge in [0.1, 0.15) is 18.2 Å². The Balaban J connectivity index is 1.53. The van der Waals surface area contributed by atoms with Crippen LogP contribution in [0.15, 0.2) is 60.9 Å². The highest BCUT2D eigenvalue weighted by molar-refractivity contribution is 6.33. The Morgan fingerprint density at radius 3 is 2.89 bits per heavy atom. The zero-order valence-electron chi connectivity index (χ0n) is 14.3. The molecule has 6 nitrogen and oxygen atoms in total. The average molecular weight is 381 g/mol. The van der Waals surface area contributed by atoms with Crippen LogP contribution in [0.4, 0.5) is 11.4 Å². The van der Waals surface area contributed by atoms with Gasteiger partial charge in [0.05, 0.1) is 17.3 Å². The molecule has 0 unspecified atom stereocenters. The molecule has 7 heteroatoms. The third-order valence-corrected chi connectivity index (χ3v) is 4.62. The SMILES string of the molecule is O=C(Nc1ccccc1Cl)c1cn2c(n1)C=CN(c1cccc(CO)c1)C2. The molecule has 0 radical (unpaired) electrons. The van der Waals surface area contributed by atoms with Gasteiger partial charge in [0.15, 0.2) is 0 Å². The quantitative estimate of drug-likeness (QED) is 0.723. The Bertz CT molecular complexity index is 1030. The number of fused-ring (bicyclic) bond motifs is 1. The fourth-order valence-corrected chi connectivity index (χ4v) is 3.09. The second-order valence-corrected chi connectivity index (χ2v) is 6.55. The predicted octanol–water partition coefficient (Wildman–Crippen LogP) is 3.73. The molecular formula is C20H17ClN4O2. The smallest absolute Gasteiger partial charge is 0.275 e. The zero-order valence-corrected chi connectivity index (χ0v) is 15.1. The molecule has 0 spiro atoms. The Labute approximate surface area is 161 Å². The van der Waals surface area contributed by atoms with Crippen LogP contribution in [0.1, 0.15) is 21.9 Å². The van der Waals surface area contributed by atoms with Gasteiger partial charge in [-0.1, -0.05) is 35.9 Å². The molecule has 4 rings (SSSR count). The molecule has 0 saturated heterocycles. The van der Waals surface area contributed by atoms with Crippen LogP contribution in [-0.4, -0.2) is 20.6 Å². The molecule has 0 saturated carbocycles. The van der Waals surface area contributed by atoms with E-state index in [4.69, 9.17) is 11.6 Å². The minimum Gasteiger partial charge on any atom is -0.392 e. The van der Waals surface area contributed by atoms with Crippen molar-refractivity contribution in [1.82, 2.24) is 9.55 Å². The average Bonchev–Trinajstić information content (AvgIpc) is 3.13. The lowest BCUT2D eigenvalue weighted by atomic mass is 10.2. The number of aliphatic hydroxyl groups is 1. The molecule has 27 heavy (non-hydrogen) atoms. The van der Waals surface area contributed by atoms with Gasteiger partial charge in [-0.05, 0) is 35.9 Å². The van der Waals surface area contributed by atoms with Gasteiger partial charge in [-0.2, -0.15) is 0 Å². The van der Waals surface area contributed by atoms with Crippen LogP contribution >= 0.6 is 11.6 Å². The first-order valence-corrected chi connectivity index (χ1v) is 8.79. The number of para-hydroxylation sites is 1. The lowest BCUT2D eigenvalue weighted by Gasteiger charge is -2.25. The largest absolute Gasteiger partial charge is 0.392 e. The maximum Gasteiger partial charge on any atom is 0.275 e. The van der Waals surface area contributed by atoms with Gasteiger partial charge < -0.3 is 19.9 Å². The summed E-state index contributed by atoms with van der Waals surface area (Å²) in [6, 6.07) is 14.7. The Kier molecular flexibility index (Phi) is 4.66. The minimum atomic E-state index is -0.313. The molecule has 136 valence electrons. The monoisotopic (exact) mass is 380 g/mol. The maximum atomic E-state index is 12.5. The van der Waals surface area contributed by atoms with Crippen molar-refractivity contribution >= 4 is 35.0 Å². The van der Waals surface area contributed by atoms with E-state index in [2.05, 4.69) is 10.3 Å². The summed E-state index contributed by atoms with van der Waals surface area (Å²) in [7, 11) is 0. The van der Waals surface area contributed by atoms with Crippen molar-refractivity contribution in [1.29, 1.82) is 0 Å². The van der Waals surface area contributed by atoms with Crippen molar-refractivity contribution in [3.05, 3.63) is 83.0 Å². The number of halogens is 1. The Morgan fingerprint density at radius 2 is 2.07 bits per heavy atom. The van der Waals surface area contributed by atoms with Gasteiger partial charge in [0.2, 0.25) is 0 Å². The number of imidazole rings is 1. The number of hydrogen-bond acceptors (Lipinski definition) is 4.